The fourth-order valence-electron chi connectivity index (χ4n) is 1.16. The Kier molecular flexibility index (Phi) is 1.88. The number of carbonyl (C=O) groups is 1. The molecule has 0 saturated carbocycles. The van der Waals surface area contributed by atoms with Gasteiger partial charge in [-0.3, -0.25) is 4.40 Å². The summed E-state index contributed by atoms with van der Waals surface area (Å²) in [6, 6.07) is 0. The fraction of sp³-hybridized carbons (Fsp3) is 0.143. The molecule has 0 aromatic carbocycles. The topological polar surface area (TPSA) is 54.6 Å². The van der Waals surface area contributed by atoms with Gasteiger partial charge in [-0.05, 0) is 22.9 Å². The Hall–Kier alpha value is -0.880. The van der Waals surface area contributed by atoms with E-state index in [9.17, 15) is 4.79 Å². The molecule has 0 fully saturated rings. The zero-order valence-electron chi connectivity index (χ0n) is 6.61. The van der Waals surface area contributed by atoms with Gasteiger partial charge in [-0.15, -0.1) is 0 Å². The fourth-order valence-corrected chi connectivity index (χ4v) is 2.75. The Morgan fingerprint density at radius 3 is 3.00 bits per heavy atom. The van der Waals surface area contributed by atoms with E-state index >= 15 is 0 Å². The van der Waals surface area contributed by atoms with Crippen LogP contribution in [0.2, 0.25) is 0 Å². The maximum Gasteiger partial charge on any atom is 0.347 e. The molecule has 6 heteroatoms. The standard InChI is InChI=1S/C7H5BrN2O2S/c1-3-5(6(11)12)13-7-9-2-4(8)10(3)7/h2H,1H3,(H,11,12). The number of fused-ring (bicyclic) bond motifs is 1. The predicted molar refractivity (Wildman–Crippen MR) is 52.5 cm³/mol. The van der Waals surface area contributed by atoms with E-state index in [1.807, 2.05) is 0 Å². The average molecular weight is 261 g/mol. The number of carboxylic acids is 1. The first-order chi connectivity index (χ1) is 6.11. The van der Waals surface area contributed by atoms with E-state index in [0.29, 0.717) is 15.5 Å². The molecule has 0 bridgehead atoms. The lowest BCUT2D eigenvalue weighted by molar-refractivity contribution is 0.0701. The molecule has 0 aliphatic rings. The first kappa shape index (κ1) is 8.71. The average Bonchev–Trinajstić information content (AvgIpc) is 2.55. The van der Waals surface area contributed by atoms with E-state index in [0.717, 1.165) is 4.60 Å². The summed E-state index contributed by atoms with van der Waals surface area (Å²) in [6.45, 7) is 1.76. The van der Waals surface area contributed by atoms with Crippen molar-refractivity contribution in [3.05, 3.63) is 21.4 Å². The number of aromatic nitrogens is 2. The maximum absolute atomic E-state index is 10.8. The third kappa shape index (κ3) is 1.17. The lowest BCUT2D eigenvalue weighted by Gasteiger charge is -1.92. The number of nitrogens with zero attached hydrogens (tertiary/aromatic N) is 2. The van der Waals surface area contributed by atoms with Gasteiger partial charge in [0.25, 0.3) is 0 Å². The summed E-state index contributed by atoms with van der Waals surface area (Å²) in [4.78, 5) is 15.8. The number of imidazole rings is 1. The van der Waals surface area contributed by atoms with Gasteiger partial charge in [-0.2, -0.15) is 0 Å². The van der Waals surface area contributed by atoms with E-state index in [-0.39, 0.29) is 0 Å². The van der Waals surface area contributed by atoms with Gasteiger partial charge in [0.2, 0.25) is 0 Å². The van der Waals surface area contributed by atoms with Crippen LogP contribution in [0.25, 0.3) is 4.96 Å². The zero-order chi connectivity index (χ0) is 9.59. The molecular weight excluding hydrogens is 256 g/mol. The molecule has 13 heavy (non-hydrogen) atoms. The molecule has 2 aromatic heterocycles. The summed E-state index contributed by atoms with van der Waals surface area (Å²) in [7, 11) is 0. The van der Waals surface area contributed by atoms with E-state index < -0.39 is 5.97 Å². The van der Waals surface area contributed by atoms with Crippen molar-refractivity contribution >= 4 is 38.2 Å². The number of aryl methyl sites for hydroxylation is 1. The first-order valence-electron chi connectivity index (χ1n) is 3.47. The highest BCUT2D eigenvalue weighted by Crippen LogP contribution is 2.25. The van der Waals surface area contributed by atoms with Crippen LogP contribution in [0.15, 0.2) is 10.8 Å². The molecule has 2 heterocycles. The summed E-state index contributed by atoms with van der Waals surface area (Å²) >= 11 is 4.47. The minimum Gasteiger partial charge on any atom is -0.477 e. The van der Waals surface area contributed by atoms with Gasteiger partial charge >= 0.3 is 5.97 Å². The second-order valence-corrected chi connectivity index (χ2v) is 4.31. The van der Waals surface area contributed by atoms with Crippen molar-refractivity contribution in [1.29, 1.82) is 0 Å². The van der Waals surface area contributed by atoms with Crippen LogP contribution >= 0.6 is 27.3 Å². The van der Waals surface area contributed by atoms with Gasteiger partial charge in [0.1, 0.15) is 9.48 Å². The summed E-state index contributed by atoms with van der Waals surface area (Å²) < 4.78 is 2.55. The van der Waals surface area contributed by atoms with Crippen molar-refractivity contribution in [2.24, 2.45) is 0 Å². The number of rotatable bonds is 1. The molecule has 0 unspecified atom stereocenters. The van der Waals surface area contributed by atoms with Crippen LogP contribution in [0.3, 0.4) is 0 Å². The van der Waals surface area contributed by atoms with Gasteiger partial charge in [-0.1, -0.05) is 11.3 Å². The highest BCUT2D eigenvalue weighted by atomic mass is 79.9. The molecular formula is C7H5BrN2O2S. The molecule has 0 aliphatic heterocycles. The van der Waals surface area contributed by atoms with Crippen molar-refractivity contribution in [3.8, 4) is 0 Å². The van der Waals surface area contributed by atoms with Crippen LogP contribution in [0.1, 0.15) is 15.4 Å². The van der Waals surface area contributed by atoms with Gasteiger partial charge in [0.15, 0.2) is 4.96 Å². The van der Waals surface area contributed by atoms with Crippen LogP contribution in [0.5, 0.6) is 0 Å². The molecule has 0 amide bonds. The number of thiazole rings is 1. The summed E-state index contributed by atoms with van der Waals surface area (Å²) in [5, 5.41) is 8.83. The van der Waals surface area contributed by atoms with Crippen molar-refractivity contribution in [1.82, 2.24) is 9.38 Å². The van der Waals surface area contributed by atoms with Crippen LogP contribution < -0.4 is 0 Å². The molecule has 68 valence electrons. The largest absolute Gasteiger partial charge is 0.477 e. The Labute approximate surface area is 86.0 Å². The van der Waals surface area contributed by atoms with Crippen LogP contribution in [-0.4, -0.2) is 20.5 Å². The summed E-state index contributed by atoms with van der Waals surface area (Å²) in [5.41, 5.74) is 0.705. The lowest BCUT2D eigenvalue weighted by Crippen LogP contribution is -1.96. The van der Waals surface area contributed by atoms with Gasteiger partial charge in [0.05, 0.1) is 6.20 Å². The minimum atomic E-state index is -0.903. The highest BCUT2D eigenvalue weighted by Gasteiger charge is 2.16. The number of carboxylic acid groups (broad SMARTS) is 1. The molecule has 1 N–H and O–H groups in total. The van der Waals surface area contributed by atoms with Crippen molar-refractivity contribution in [2.75, 3.05) is 0 Å². The van der Waals surface area contributed by atoms with Crippen molar-refractivity contribution in [2.45, 2.75) is 6.92 Å². The molecule has 0 aliphatic carbocycles. The summed E-state index contributed by atoms with van der Waals surface area (Å²) in [6.07, 6.45) is 1.66. The maximum atomic E-state index is 10.8. The smallest absolute Gasteiger partial charge is 0.347 e. The van der Waals surface area contributed by atoms with E-state index in [2.05, 4.69) is 20.9 Å². The number of halogens is 1. The van der Waals surface area contributed by atoms with Gasteiger partial charge in [0, 0.05) is 5.69 Å². The molecule has 4 nitrogen and oxygen atoms in total. The Morgan fingerprint density at radius 2 is 2.46 bits per heavy atom. The number of hydrogen-bond acceptors (Lipinski definition) is 3. The minimum absolute atomic E-state index is 0.337. The second-order valence-electron chi connectivity index (χ2n) is 2.52. The van der Waals surface area contributed by atoms with Crippen LogP contribution in [0.4, 0.5) is 0 Å². The molecule has 2 aromatic rings. The Morgan fingerprint density at radius 1 is 1.77 bits per heavy atom. The van der Waals surface area contributed by atoms with E-state index in [1.54, 1.807) is 17.5 Å². The SMILES string of the molecule is Cc1c(C(=O)O)sc2ncc(Br)n12. The predicted octanol–water partition coefficient (Wildman–Crippen LogP) is 2.16. The Bertz CT molecular complexity index is 488. The molecule has 0 radical (unpaired) electrons. The van der Waals surface area contributed by atoms with E-state index in [1.165, 1.54) is 11.3 Å². The van der Waals surface area contributed by atoms with Gasteiger partial charge in [-0.25, -0.2) is 9.78 Å². The third-order valence-corrected chi connectivity index (χ3v) is 3.44. The third-order valence-electron chi connectivity index (χ3n) is 1.74. The number of hydrogen-bond donors (Lipinski definition) is 1. The normalized spacial score (nSPS) is 10.9. The summed E-state index contributed by atoms with van der Waals surface area (Å²) in [5.74, 6) is -0.903. The monoisotopic (exact) mass is 260 g/mol. The molecule has 2 rings (SSSR count). The zero-order valence-corrected chi connectivity index (χ0v) is 9.02. The molecule has 0 saturated heterocycles. The van der Waals surface area contributed by atoms with Crippen LogP contribution in [0, 0.1) is 6.92 Å². The molecule has 0 spiro atoms. The number of aromatic carboxylic acids is 1. The Balaban J connectivity index is 2.82. The highest BCUT2D eigenvalue weighted by molar-refractivity contribution is 9.10. The molecule has 0 atom stereocenters. The lowest BCUT2D eigenvalue weighted by atomic mass is 10.4. The van der Waals surface area contributed by atoms with Gasteiger partial charge < -0.3 is 5.11 Å². The van der Waals surface area contributed by atoms with Crippen LogP contribution in [-0.2, 0) is 0 Å². The second kappa shape index (κ2) is 2.81. The van der Waals surface area contributed by atoms with Crippen molar-refractivity contribution < 1.29 is 9.90 Å². The quantitative estimate of drug-likeness (QED) is 0.855. The first-order valence-corrected chi connectivity index (χ1v) is 5.08. The van der Waals surface area contributed by atoms with Crippen molar-refractivity contribution in [3.63, 3.8) is 0 Å². The van der Waals surface area contributed by atoms with E-state index in [4.69, 9.17) is 5.11 Å².